The van der Waals surface area contributed by atoms with Crippen molar-refractivity contribution in [3.05, 3.63) is 59.7 Å². The Morgan fingerprint density at radius 2 is 1.75 bits per heavy atom. The second kappa shape index (κ2) is 4.85. The van der Waals surface area contributed by atoms with Crippen molar-refractivity contribution in [1.29, 1.82) is 0 Å². The van der Waals surface area contributed by atoms with E-state index in [1.165, 1.54) is 5.56 Å². The summed E-state index contributed by atoms with van der Waals surface area (Å²) in [7, 11) is 1.85. The predicted octanol–water partition coefficient (Wildman–Crippen LogP) is 3.94. The van der Waals surface area contributed by atoms with Gasteiger partial charge in [0.05, 0.1) is 16.8 Å². The molecule has 0 saturated heterocycles. The monoisotopic (exact) mass is 264 g/mol. The summed E-state index contributed by atoms with van der Waals surface area (Å²) in [6, 6.07) is 15.9. The lowest BCUT2D eigenvalue weighted by molar-refractivity contribution is 0.434. The first kappa shape index (κ1) is 12.5. The smallest absolute Gasteiger partial charge is 0.200 e. The minimum atomic E-state index is 0.238. The Bertz CT molecular complexity index is 783. The largest absolute Gasteiger partial charge is 0.494 e. The molecule has 0 radical (unpaired) electrons. The van der Waals surface area contributed by atoms with E-state index in [4.69, 9.17) is 0 Å². The van der Waals surface area contributed by atoms with Gasteiger partial charge in [-0.15, -0.1) is 0 Å². The number of aromatic nitrogens is 1. The van der Waals surface area contributed by atoms with Crippen molar-refractivity contribution in [3.8, 4) is 5.88 Å². The van der Waals surface area contributed by atoms with E-state index >= 15 is 0 Å². The minimum absolute atomic E-state index is 0.238. The molecule has 3 heteroatoms. The molecule has 20 heavy (non-hydrogen) atoms. The van der Waals surface area contributed by atoms with Crippen molar-refractivity contribution < 1.29 is 5.11 Å². The number of fused-ring (bicyclic) bond motifs is 1. The highest BCUT2D eigenvalue weighted by Gasteiger charge is 2.11. The predicted molar refractivity (Wildman–Crippen MR) is 83.0 cm³/mol. The number of para-hydroxylation sites is 1. The molecule has 1 aromatic heterocycles. The Kier molecular flexibility index (Phi) is 3.03. The van der Waals surface area contributed by atoms with Crippen molar-refractivity contribution >= 4 is 22.8 Å². The fourth-order valence-corrected chi connectivity index (χ4v) is 2.31. The van der Waals surface area contributed by atoms with E-state index in [9.17, 15) is 5.11 Å². The van der Waals surface area contributed by atoms with Gasteiger partial charge in [-0.2, -0.15) is 0 Å². The molecule has 3 nitrogen and oxygen atoms in total. The van der Waals surface area contributed by atoms with Gasteiger partial charge in [0.2, 0.25) is 5.88 Å². The number of nitrogens with zero attached hydrogens (tertiary/aromatic N) is 2. The van der Waals surface area contributed by atoms with Gasteiger partial charge in [-0.3, -0.25) is 4.99 Å². The van der Waals surface area contributed by atoms with E-state index in [-0.39, 0.29) is 5.88 Å². The molecule has 0 bridgehead atoms. The summed E-state index contributed by atoms with van der Waals surface area (Å²) in [5.41, 5.74) is 3.83. The number of aryl methyl sites for hydroxylation is 2. The molecular formula is C17H16N2O. The highest BCUT2D eigenvalue weighted by molar-refractivity contribution is 6.03. The maximum atomic E-state index is 10.2. The van der Waals surface area contributed by atoms with Crippen molar-refractivity contribution in [2.45, 2.75) is 6.92 Å². The van der Waals surface area contributed by atoms with E-state index < -0.39 is 0 Å². The van der Waals surface area contributed by atoms with Crippen LogP contribution in [0.1, 0.15) is 11.1 Å². The lowest BCUT2D eigenvalue weighted by atomic mass is 10.2. The lowest BCUT2D eigenvalue weighted by Gasteiger charge is -1.96. The van der Waals surface area contributed by atoms with Crippen molar-refractivity contribution in [2.75, 3.05) is 0 Å². The molecule has 0 aliphatic heterocycles. The standard InChI is InChI=1S/C17H16N2O/c1-12-7-9-13(10-8-12)18-11-15-14-5-3-4-6-16(14)19(2)17(15)20/h3-11,20H,1-2H3. The van der Waals surface area contributed by atoms with Gasteiger partial charge < -0.3 is 9.67 Å². The van der Waals surface area contributed by atoms with Crippen LogP contribution in [0, 0.1) is 6.92 Å². The average molecular weight is 264 g/mol. The second-order valence-electron chi connectivity index (χ2n) is 4.91. The summed E-state index contributed by atoms with van der Waals surface area (Å²) in [5.74, 6) is 0.238. The Balaban J connectivity index is 2.06. The SMILES string of the molecule is Cc1ccc(N=Cc2c(O)n(C)c3ccccc23)cc1. The van der Waals surface area contributed by atoms with E-state index in [1.807, 2.05) is 62.5 Å². The molecule has 1 heterocycles. The molecule has 100 valence electrons. The third kappa shape index (κ3) is 2.07. The van der Waals surface area contributed by atoms with Gasteiger partial charge in [-0.1, -0.05) is 35.9 Å². The first-order valence-corrected chi connectivity index (χ1v) is 6.54. The topological polar surface area (TPSA) is 37.5 Å². The van der Waals surface area contributed by atoms with Gasteiger partial charge in [0.15, 0.2) is 0 Å². The summed E-state index contributed by atoms with van der Waals surface area (Å²) in [5, 5.41) is 11.2. The molecule has 3 aromatic rings. The van der Waals surface area contributed by atoms with Gasteiger partial charge in [0.1, 0.15) is 0 Å². The molecule has 1 N–H and O–H groups in total. The Labute approximate surface area is 117 Å². The number of aromatic hydroxyl groups is 1. The van der Waals surface area contributed by atoms with E-state index in [2.05, 4.69) is 4.99 Å². The normalized spacial score (nSPS) is 11.5. The molecule has 0 fully saturated rings. The third-order valence-electron chi connectivity index (χ3n) is 3.49. The van der Waals surface area contributed by atoms with Crippen LogP contribution < -0.4 is 0 Å². The van der Waals surface area contributed by atoms with Crippen LogP contribution in [-0.4, -0.2) is 15.9 Å². The van der Waals surface area contributed by atoms with Gasteiger partial charge in [-0.05, 0) is 25.1 Å². The van der Waals surface area contributed by atoms with Crippen molar-refractivity contribution in [3.63, 3.8) is 0 Å². The van der Waals surface area contributed by atoms with Crippen LogP contribution in [0.15, 0.2) is 53.5 Å². The molecule has 0 unspecified atom stereocenters. The average Bonchev–Trinajstić information content (AvgIpc) is 2.71. The summed E-state index contributed by atoms with van der Waals surface area (Å²) in [6.07, 6.45) is 1.72. The summed E-state index contributed by atoms with van der Waals surface area (Å²) in [6.45, 7) is 2.05. The zero-order chi connectivity index (χ0) is 14.1. The van der Waals surface area contributed by atoms with E-state index in [1.54, 1.807) is 10.8 Å². The van der Waals surface area contributed by atoms with Crippen LogP contribution in [0.3, 0.4) is 0 Å². The first-order valence-electron chi connectivity index (χ1n) is 6.54. The molecule has 0 saturated carbocycles. The number of benzene rings is 2. The molecular weight excluding hydrogens is 248 g/mol. The molecule has 3 rings (SSSR count). The molecule has 0 aliphatic carbocycles. The Morgan fingerprint density at radius 3 is 2.50 bits per heavy atom. The zero-order valence-electron chi connectivity index (χ0n) is 11.5. The van der Waals surface area contributed by atoms with Crippen LogP contribution in [0.5, 0.6) is 5.88 Å². The van der Waals surface area contributed by atoms with Gasteiger partial charge >= 0.3 is 0 Å². The van der Waals surface area contributed by atoms with Crippen LogP contribution >= 0.6 is 0 Å². The van der Waals surface area contributed by atoms with Crippen LogP contribution in [0.2, 0.25) is 0 Å². The summed E-state index contributed by atoms with van der Waals surface area (Å²) in [4.78, 5) is 4.44. The maximum Gasteiger partial charge on any atom is 0.200 e. The number of aliphatic imine (C=N–C) groups is 1. The maximum absolute atomic E-state index is 10.2. The highest BCUT2D eigenvalue weighted by atomic mass is 16.3. The van der Waals surface area contributed by atoms with Gasteiger partial charge in [-0.25, -0.2) is 0 Å². The minimum Gasteiger partial charge on any atom is -0.494 e. The van der Waals surface area contributed by atoms with Crippen molar-refractivity contribution in [2.24, 2.45) is 12.0 Å². The molecule has 2 aromatic carbocycles. The number of hydrogen-bond acceptors (Lipinski definition) is 2. The number of hydrogen-bond donors (Lipinski definition) is 1. The Hall–Kier alpha value is -2.55. The van der Waals surface area contributed by atoms with Gasteiger partial charge in [0.25, 0.3) is 0 Å². The quantitative estimate of drug-likeness (QED) is 0.699. The lowest BCUT2D eigenvalue weighted by Crippen LogP contribution is -1.85. The second-order valence-corrected chi connectivity index (χ2v) is 4.91. The molecule has 0 atom stereocenters. The van der Waals surface area contributed by atoms with E-state index in [0.717, 1.165) is 22.2 Å². The molecule has 0 spiro atoms. The van der Waals surface area contributed by atoms with Crippen molar-refractivity contribution in [1.82, 2.24) is 4.57 Å². The van der Waals surface area contributed by atoms with Crippen LogP contribution in [0.4, 0.5) is 5.69 Å². The fraction of sp³-hybridized carbons (Fsp3) is 0.118. The number of rotatable bonds is 2. The molecule has 0 aliphatic rings. The summed E-state index contributed by atoms with van der Waals surface area (Å²) >= 11 is 0. The van der Waals surface area contributed by atoms with Crippen LogP contribution in [0.25, 0.3) is 10.9 Å². The van der Waals surface area contributed by atoms with Crippen LogP contribution in [-0.2, 0) is 7.05 Å². The third-order valence-corrected chi connectivity index (χ3v) is 3.49. The first-order chi connectivity index (χ1) is 9.66. The molecule has 0 amide bonds. The fourth-order valence-electron chi connectivity index (χ4n) is 2.31. The van der Waals surface area contributed by atoms with Gasteiger partial charge in [0, 0.05) is 18.6 Å². The summed E-state index contributed by atoms with van der Waals surface area (Å²) < 4.78 is 1.77. The zero-order valence-corrected chi connectivity index (χ0v) is 11.5. The van der Waals surface area contributed by atoms with E-state index in [0.29, 0.717) is 0 Å². The highest BCUT2D eigenvalue weighted by Crippen LogP contribution is 2.29. The Morgan fingerprint density at radius 1 is 1.05 bits per heavy atom.